The number of para-hydroxylation sites is 1. The largest absolute Gasteiger partial charge is 0.480 e. The highest BCUT2D eigenvalue weighted by Crippen LogP contribution is 2.34. The molecule has 2 N–H and O–H groups in total. The van der Waals surface area contributed by atoms with E-state index in [0.717, 1.165) is 19.3 Å². The highest BCUT2D eigenvalue weighted by atomic mass is 16.4. The number of hydrogen-bond acceptors (Lipinski definition) is 3. The molecule has 6 nitrogen and oxygen atoms in total. The summed E-state index contributed by atoms with van der Waals surface area (Å²) >= 11 is 0. The molecule has 3 rings (SSSR count). The summed E-state index contributed by atoms with van der Waals surface area (Å²) in [7, 11) is 1.65. The topological polar surface area (TPSA) is 88.4 Å². The summed E-state index contributed by atoms with van der Waals surface area (Å²) in [5.41, 5.74) is -0.690. The Balaban J connectivity index is 1.97. The number of amides is 1. The van der Waals surface area contributed by atoms with E-state index in [4.69, 9.17) is 0 Å². The van der Waals surface area contributed by atoms with Crippen molar-refractivity contribution in [1.29, 1.82) is 0 Å². The molecule has 1 aromatic heterocycles. The predicted octanol–water partition coefficient (Wildman–Crippen LogP) is 2.69. The van der Waals surface area contributed by atoms with Crippen LogP contribution in [-0.4, -0.2) is 27.1 Å². The number of pyridine rings is 1. The number of aliphatic carboxylic acids is 1. The fraction of sp³-hybridized carbons (Fsp3) is 0.450. The van der Waals surface area contributed by atoms with Crippen LogP contribution in [0.25, 0.3) is 10.9 Å². The summed E-state index contributed by atoms with van der Waals surface area (Å²) in [6.45, 7) is 2.10. The number of carboxylic acids is 1. The molecule has 0 atom stereocenters. The molecule has 0 bridgehead atoms. The van der Waals surface area contributed by atoms with Crippen LogP contribution < -0.4 is 10.9 Å². The van der Waals surface area contributed by atoms with Crippen molar-refractivity contribution in [2.24, 2.45) is 13.0 Å². The first-order valence-electron chi connectivity index (χ1n) is 9.02. The minimum atomic E-state index is -1.26. The standard InChI is InChI=1S/C20H24N2O4/c1-3-13-8-10-20(11-9-13,19(25)26)21-18(24)15-12-17(23)22(2)16-7-5-4-6-14(15)16/h4-7,12-13H,3,8-11H2,1-2H3,(H,21,24)(H,25,26). The van der Waals surface area contributed by atoms with Gasteiger partial charge in [0.2, 0.25) is 0 Å². The van der Waals surface area contributed by atoms with Crippen LogP contribution in [0, 0.1) is 5.92 Å². The molecule has 26 heavy (non-hydrogen) atoms. The van der Waals surface area contributed by atoms with Crippen molar-refractivity contribution in [2.75, 3.05) is 0 Å². The molecule has 0 radical (unpaired) electrons. The fourth-order valence-electron chi connectivity index (χ4n) is 3.85. The summed E-state index contributed by atoms with van der Waals surface area (Å²) < 4.78 is 1.48. The Bertz CT molecular complexity index is 908. The minimum absolute atomic E-state index is 0.224. The van der Waals surface area contributed by atoms with Crippen LogP contribution in [0.4, 0.5) is 0 Å². The number of rotatable bonds is 4. The van der Waals surface area contributed by atoms with E-state index in [0.29, 0.717) is 29.7 Å². The summed E-state index contributed by atoms with van der Waals surface area (Å²) in [5.74, 6) is -1.01. The Kier molecular flexibility index (Phi) is 4.85. The van der Waals surface area contributed by atoms with Gasteiger partial charge in [0.25, 0.3) is 11.5 Å². The van der Waals surface area contributed by atoms with E-state index >= 15 is 0 Å². The lowest BCUT2D eigenvalue weighted by Gasteiger charge is -2.37. The average Bonchev–Trinajstić information content (AvgIpc) is 2.65. The third kappa shape index (κ3) is 3.11. The van der Waals surface area contributed by atoms with Crippen LogP contribution in [0.15, 0.2) is 35.1 Å². The number of carbonyl (C=O) groups excluding carboxylic acids is 1. The van der Waals surface area contributed by atoms with Crippen LogP contribution in [-0.2, 0) is 11.8 Å². The van der Waals surface area contributed by atoms with E-state index in [-0.39, 0.29) is 11.1 Å². The number of nitrogens with one attached hydrogen (secondary N) is 1. The highest BCUT2D eigenvalue weighted by Gasteiger charge is 2.43. The predicted molar refractivity (Wildman–Crippen MR) is 99.3 cm³/mol. The summed E-state index contributed by atoms with van der Waals surface area (Å²) in [6, 6.07) is 8.42. The molecule has 1 aliphatic rings. The lowest BCUT2D eigenvalue weighted by atomic mass is 9.75. The minimum Gasteiger partial charge on any atom is -0.480 e. The molecule has 1 heterocycles. The van der Waals surface area contributed by atoms with Gasteiger partial charge in [-0.25, -0.2) is 4.79 Å². The van der Waals surface area contributed by atoms with Gasteiger partial charge >= 0.3 is 5.97 Å². The van der Waals surface area contributed by atoms with Crippen molar-refractivity contribution < 1.29 is 14.7 Å². The molecule has 1 aliphatic carbocycles. The fourth-order valence-corrected chi connectivity index (χ4v) is 3.85. The van der Waals surface area contributed by atoms with Crippen LogP contribution in [0.1, 0.15) is 49.4 Å². The Morgan fingerprint density at radius 1 is 1.27 bits per heavy atom. The third-order valence-corrected chi connectivity index (χ3v) is 5.70. The molecule has 0 saturated heterocycles. The molecule has 1 amide bonds. The molecule has 0 aliphatic heterocycles. The van der Waals surface area contributed by atoms with Gasteiger partial charge in [-0.05, 0) is 37.7 Å². The van der Waals surface area contributed by atoms with Gasteiger partial charge in [0.15, 0.2) is 0 Å². The zero-order chi connectivity index (χ0) is 18.9. The maximum atomic E-state index is 12.9. The zero-order valence-corrected chi connectivity index (χ0v) is 15.1. The maximum Gasteiger partial charge on any atom is 0.329 e. The lowest BCUT2D eigenvalue weighted by molar-refractivity contribution is -0.146. The first-order valence-corrected chi connectivity index (χ1v) is 9.02. The molecule has 0 unspecified atom stereocenters. The monoisotopic (exact) mass is 356 g/mol. The van der Waals surface area contributed by atoms with E-state index in [1.54, 1.807) is 31.3 Å². The summed E-state index contributed by atoms with van der Waals surface area (Å²) in [5, 5.41) is 13.2. The van der Waals surface area contributed by atoms with Crippen LogP contribution >= 0.6 is 0 Å². The van der Waals surface area contributed by atoms with Crippen molar-refractivity contribution in [1.82, 2.24) is 9.88 Å². The van der Waals surface area contributed by atoms with Crippen molar-refractivity contribution in [3.8, 4) is 0 Å². The number of aromatic nitrogens is 1. The van der Waals surface area contributed by atoms with Crippen molar-refractivity contribution in [2.45, 2.75) is 44.6 Å². The maximum absolute atomic E-state index is 12.9. The van der Waals surface area contributed by atoms with Crippen molar-refractivity contribution >= 4 is 22.8 Å². The van der Waals surface area contributed by atoms with Gasteiger partial charge in [0, 0.05) is 18.5 Å². The number of aryl methyl sites for hydroxylation is 1. The number of nitrogens with zero attached hydrogens (tertiary/aromatic N) is 1. The zero-order valence-electron chi connectivity index (χ0n) is 15.1. The van der Waals surface area contributed by atoms with Crippen LogP contribution in [0.2, 0.25) is 0 Å². The Morgan fingerprint density at radius 2 is 1.92 bits per heavy atom. The van der Waals surface area contributed by atoms with E-state index in [1.165, 1.54) is 10.6 Å². The van der Waals surface area contributed by atoms with E-state index in [9.17, 15) is 19.5 Å². The van der Waals surface area contributed by atoms with Gasteiger partial charge in [-0.1, -0.05) is 31.5 Å². The van der Waals surface area contributed by atoms with E-state index in [1.807, 2.05) is 0 Å². The molecular weight excluding hydrogens is 332 g/mol. The van der Waals surface area contributed by atoms with Gasteiger partial charge in [0.05, 0.1) is 11.1 Å². The molecule has 138 valence electrons. The van der Waals surface area contributed by atoms with Gasteiger partial charge in [-0.2, -0.15) is 0 Å². The SMILES string of the molecule is CCC1CCC(NC(=O)c2cc(=O)n(C)c3ccccc23)(C(=O)O)CC1. The third-order valence-electron chi connectivity index (χ3n) is 5.70. The number of hydrogen-bond donors (Lipinski definition) is 2. The number of fused-ring (bicyclic) bond motifs is 1. The molecule has 6 heteroatoms. The average molecular weight is 356 g/mol. The van der Waals surface area contributed by atoms with Gasteiger partial charge < -0.3 is 15.0 Å². The first kappa shape index (κ1) is 18.2. The quantitative estimate of drug-likeness (QED) is 0.881. The second-order valence-electron chi connectivity index (χ2n) is 7.17. The smallest absolute Gasteiger partial charge is 0.329 e. The number of benzene rings is 1. The molecule has 1 aromatic carbocycles. The van der Waals surface area contributed by atoms with Crippen LogP contribution in [0.5, 0.6) is 0 Å². The highest BCUT2D eigenvalue weighted by molar-refractivity contribution is 6.07. The lowest BCUT2D eigenvalue weighted by Crippen LogP contribution is -2.56. The number of carbonyl (C=O) groups is 2. The van der Waals surface area contributed by atoms with Crippen molar-refractivity contribution in [3.05, 3.63) is 46.2 Å². The molecular formula is C20H24N2O4. The van der Waals surface area contributed by atoms with Gasteiger partial charge in [0.1, 0.15) is 5.54 Å². The first-order chi connectivity index (χ1) is 12.4. The Hall–Kier alpha value is -2.63. The second-order valence-corrected chi connectivity index (χ2v) is 7.17. The molecule has 0 spiro atoms. The van der Waals surface area contributed by atoms with E-state index < -0.39 is 17.4 Å². The van der Waals surface area contributed by atoms with E-state index in [2.05, 4.69) is 12.2 Å². The summed E-state index contributed by atoms with van der Waals surface area (Å²) in [4.78, 5) is 37.1. The van der Waals surface area contributed by atoms with Crippen molar-refractivity contribution in [3.63, 3.8) is 0 Å². The Labute approximate surface area is 151 Å². The van der Waals surface area contributed by atoms with Crippen LogP contribution in [0.3, 0.4) is 0 Å². The van der Waals surface area contributed by atoms with Gasteiger partial charge in [-0.3, -0.25) is 9.59 Å². The second kappa shape index (κ2) is 6.94. The van der Waals surface area contributed by atoms with Gasteiger partial charge in [-0.15, -0.1) is 0 Å². The molecule has 1 saturated carbocycles. The number of carboxylic acid groups (broad SMARTS) is 1. The Morgan fingerprint density at radius 3 is 2.54 bits per heavy atom. The normalized spacial score (nSPS) is 22.9. The summed E-state index contributed by atoms with van der Waals surface area (Å²) in [6.07, 6.45) is 3.40. The molecule has 2 aromatic rings. The molecule has 1 fully saturated rings.